The molecule has 0 heterocycles. The van der Waals surface area contributed by atoms with Gasteiger partial charge in [0, 0.05) is 24.9 Å². The zero-order valence-electron chi connectivity index (χ0n) is 15.4. The van der Waals surface area contributed by atoms with E-state index in [1.807, 2.05) is 0 Å². The zero-order chi connectivity index (χ0) is 18.9. The summed E-state index contributed by atoms with van der Waals surface area (Å²) in [6.45, 7) is 8.40. The van der Waals surface area contributed by atoms with Crippen LogP contribution in [0.1, 0.15) is 24.2 Å². The minimum atomic E-state index is -3.48. The van der Waals surface area contributed by atoms with E-state index in [9.17, 15) is 13.2 Å². The molecule has 1 aromatic carbocycles. The first-order chi connectivity index (χ1) is 11.8. The van der Waals surface area contributed by atoms with Gasteiger partial charge in [0.05, 0.1) is 20.3 Å². The van der Waals surface area contributed by atoms with Crippen molar-refractivity contribution >= 4 is 15.7 Å². The van der Waals surface area contributed by atoms with Crippen molar-refractivity contribution < 1.29 is 22.7 Å². The lowest BCUT2D eigenvalue weighted by Crippen LogP contribution is -2.30. The van der Waals surface area contributed by atoms with Crippen molar-refractivity contribution in [2.24, 2.45) is 0 Å². The van der Waals surface area contributed by atoms with Crippen molar-refractivity contribution in [2.75, 3.05) is 52.8 Å². The van der Waals surface area contributed by atoms with Crippen LogP contribution in [0.4, 0.5) is 0 Å². The second-order valence-electron chi connectivity index (χ2n) is 5.53. The topological polar surface area (TPSA) is 84.9 Å². The summed E-state index contributed by atoms with van der Waals surface area (Å²) in [5.74, 6) is -0.126. The molecular formula is C17H28N2O5S. The molecule has 25 heavy (non-hydrogen) atoms. The molecule has 1 N–H and O–H groups in total. The van der Waals surface area contributed by atoms with Crippen LogP contribution in [0.3, 0.4) is 0 Å². The Bertz CT molecular complexity index is 657. The highest BCUT2D eigenvalue weighted by Crippen LogP contribution is 2.24. The molecule has 0 unspecified atom stereocenters. The summed E-state index contributed by atoms with van der Waals surface area (Å²) in [4.78, 5) is 14.4. The Morgan fingerprint density at radius 2 is 1.88 bits per heavy atom. The molecule has 142 valence electrons. The molecule has 1 aromatic rings. The maximum atomic E-state index is 12.1. The van der Waals surface area contributed by atoms with Gasteiger partial charge in [-0.1, -0.05) is 13.8 Å². The number of amides is 1. The lowest BCUT2D eigenvalue weighted by Gasteiger charge is -2.17. The lowest BCUT2D eigenvalue weighted by molar-refractivity contribution is 0.0884. The van der Waals surface area contributed by atoms with Crippen molar-refractivity contribution in [3.8, 4) is 5.75 Å². The van der Waals surface area contributed by atoms with Crippen LogP contribution in [0.5, 0.6) is 5.75 Å². The predicted octanol–water partition coefficient (Wildman–Crippen LogP) is 1.19. The van der Waals surface area contributed by atoms with E-state index in [2.05, 4.69) is 24.1 Å². The molecule has 0 aromatic heterocycles. The molecule has 1 amide bonds. The van der Waals surface area contributed by atoms with Crippen LogP contribution in [-0.4, -0.2) is 72.0 Å². The Morgan fingerprint density at radius 3 is 2.44 bits per heavy atom. The van der Waals surface area contributed by atoms with Crippen molar-refractivity contribution in [3.05, 3.63) is 23.8 Å². The molecule has 0 radical (unpaired) electrons. The van der Waals surface area contributed by atoms with Crippen LogP contribution in [0.25, 0.3) is 0 Å². The summed E-state index contributed by atoms with van der Waals surface area (Å²) in [7, 11) is -2.09. The maximum absolute atomic E-state index is 12.1. The van der Waals surface area contributed by atoms with Crippen LogP contribution in [0, 0.1) is 0 Å². The first-order valence-electron chi connectivity index (χ1n) is 8.29. The third-order valence-corrected chi connectivity index (χ3v) is 4.92. The van der Waals surface area contributed by atoms with Crippen LogP contribution in [-0.2, 0) is 14.6 Å². The van der Waals surface area contributed by atoms with E-state index in [4.69, 9.17) is 9.47 Å². The minimum Gasteiger partial charge on any atom is -0.495 e. The molecule has 0 aliphatic heterocycles. The van der Waals surface area contributed by atoms with Crippen LogP contribution < -0.4 is 10.1 Å². The number of hydrogen-bond donors (Lipinski definition) is 1. The zero-order valence-corrected chi connectivity index (χ0v) is 16.2. The summed E-state index contributed by atoms with van der Waals surface area (Å²) in [6, 6.07) is 4.33. The molecule has 0 bridgehead atoms. The smallest absolute Gasteiger partial charge is 0.251 e. The first-order valence-corrected chi connectivity index (χ1v) is 10.2. The van der Waals surface area contributed by atoms with Crippen LogP contribution >= 0.6 is 0 Å². The highest BCUT2D eigenvalue weighted by Gasteiger charge is 2.17. The quantitative estimate of drug-likeness (QED) is 0.587. The molecule has 0 spiro atoms. The van der Waals surface area contributed by atoms with Gasteiger partial charge in [-0.25, -0.2) is 8.42 Å². The van der Waals surface area contributed by atoms with E-state index >= 15 is 0 Å². The van der Waals surface area contributed by atoms with E-state index in [0.29, 0.717) is 19.8 Å². The molecule has 0 saturated carbocycles. The lowest BCUT2D eigenvalue weighted by atomic mass is 10.2. The number of sulfone groups is 1. The van der Waals surface area contributed by atoms with Crippen molar-refractivity contribution in [1.29, 1.82) is 0 Å². The summed E-state index contributed by atoms with van der Waals surface area (Å²) < 4.78 is 34.1. The number of rotatable bonds is 11. The van der Waals surface area contributed by atoms with E-state index in [0.717, 1.165) is 25.9 Å². The Hall–Kier alpha value is -1.64. The van der Waals surface area contributed by atoms with Crippen molar-refractivity contribution in [2.45, 2.75) is 18.7 Å². The molecule has 0 atom stereocenters. The van der Waals surface area contributed by atoms with E-state index in [1.54, 1.807) is 0 Å². The van der Waals surface area contributed by atoms with Crippen LogP contribution in [0.15, 0.2) is 23.1 Å². The monoisotopic (exact) mass is 372 g/mol. The Balaban J connectivity index is 2.50. The number of hydrogen-bond acceptors (Lipinski definition) is 6. The molecular weight excluding hydrogens is 344 g/mol. The van der Waals surface area contributed by atoms with E-state index in [-0.39, 0.29) is 22.1 Å². The second-order valence-corrected chi connectivity index (χ2v) is 7.52. The van der Waals surface area contributed by atoms with Gasteiger partial charge in [-0.15, -0.1) is 0 Å². The standard InChI is InChI=1S/C17H28N2O5S/c1-5-19(6-2)10-12-24-11-9-18-17(20)14-7-8-15(23-3)16(13-14)25(4,21)22/h7-8,13H,5-6,9-12H2,1-4H3,(H,18,20). The van der Waals surface area contributed by atoms with Gasteiger partial charge in [-0.3, -0.25) is 4.79 Å². The van der Waals surface area contributed by atoms with Gasteiger partial charge in [0.2, 0.25) is 0 Å². The average molecular weight is 372 g/mol. The third kappa shape index (κ3) is 7.01. The summed E-state index contributed by atoms with van der Waals surface area (Å²) >= 11 is 0. The third-order valence-electron chi connectivity index (χ3n) is 3.80. The van der Waals surface area contributed by atoms with Crippen molar-refractivity contribution in [3.63, 3.8) is 0 Å². The molecule has 0 aliphatic carbocycles. The van der Waals surface area contributed by atoms with Gasteiger partial charge >= 0.3 is 0 Å². The molecule has 0 aliphatic rings. The maximum Gasteiger partial charge on any atom is 0.251 e. The van der Waals surface area contributed by atoms with Gasteiger partial charge in [-0.2, -0.15) is 0 Å². The fourth-order valence-electron chi connectivity index (χ4n) is 2.28. The Labute approximate surface area is 150 Å². The molecule has 8 heteroatoms. The fraction of sp³-hybridized carbons (Fsp3) is 0.588. The fourth-order valence-corrected chi connectivity index (χ4v) is 3.14. The number of carbonyl (C=O) groups is 1. The molecule has 0 fully saturated rings. The summed E-state index contributed by atoms with van der Waals surface area (Å²) in [6.07, 6.45) is 1.08. The number of methoxy groups -OCH3 is 1. The summed E-state index contributed by atoms with van der Waals surface area (Å²) in [5.41, 5.74) is 0.268. The largest absolute Gasteiger partial charge is 0.495 e. The SMILES string of the molecule is CCN(CC)CCOCCNC(=O)c1ccc(OC)c(S(C)(=O)=O)c1. The van der Waals surface area contributed by atoms with Gasteiger partial charge in [-0.05, 0) is 31.3 Å². The van der Waals surface area contributed by atoms with Crippen molar-refractivity contribution in [1.82, 2.24) is 10.2 Å². The van der Waals surface area contributed by atoms with E-state index in [1.165, 1.54) is 25.3 Å². The highest BCUT2D eigenvalue weighted by molar-refractivity contribution is 7.90. The van der Waals surface area contributed by atoms with E-state index < -0.39 is 9.84 Å². The Morgan fingerprint density at radius 1 is 1.20 bits per heavy atom. The number of likely N-dealkylation sites (N-methyl/N-ethyl adjacent to an activating group) is 1. The van der Waals surface area contributed by atoms with Crippen LogP contribution in [0.2, 0.25) is 0 Å². The van der Waals surface area contributed by atoms with Gasteiger partial charge in [0.1, 0.15) is 10.6 Å². The number of carbonyl (C=O) groups excluding carboxylic acids is 1. The number of nitrogens with one attached hydrogen (secondary N) is 1. The highest BCUT2D eigenvalue weighted by atomic mass is 32.2. The predicted molar refractivity (Wildman–Crippen MR) is 97.0 cm³/mol. The number of benzene rings is 1. The average Bonchev–Trinajstić information content (AvgIpc) is 2.59. The Kier molecular flexibility index (Phi) is 8.88. The van der Waals surface area contributed by atoms with Gasteiger partial charge < -0.3 is 19.7 Å². The number of ether oxygens (including phenoxy) is 2. The molecule has 1 rings (SSSR count). The summed E-state index contributed by atoms with van der Waals surface area (Å²) in [5, 5.41) is 2.72. The first kappa shape index (κ1) is 21.4. The second kappa shape index (κ2) is 10.4. The van der Waals surface area contributed by atoms with Gasteiger partial charge in [0.15, 0.2) is 9.84 Å². The molecule has 7 nitrogen and oxygen atoms in total. The minimum absolute atomic E-state index is 0.00174. The normalized spacial score (nSPS) is 11.6. The van der Waals surface area contributed by atoms with Gasteiger partial charge in [0.25, 0.3) is 5.91 Å². The number of nitrogens with zero attached hydrogens (tertiary/aromatic N) is 1. The molecule has 0 saturated heterocycles.